The number of carbonyl (C=O) groups is 1. The number of halogens is 5. The van der Waals surface area contributed by atoms with Crippen LogP contribution in [0.15, 0.2) is 57.2 Å². The number of aliphatic hydroxyl groups is 1. The lowest BCUT2D eigenvalue weighted by Gasteiger charge is -2.24. The number of carbonyl (C=O) groups excluding carboxylic acids is 1. The Morgan fingerprint density at radius 1 is 0.903 bits per heavy atom. The predicted octanol–water partition coefficient (Wildman–Crippen LogP) is 2.26. The van der Waals surface area contributed by atoms with E-state index in [1.54, 1.807) is 0 Å². The van der Waals surface area contributed by atoms with Crippen molar-refractivity contribution in [3.05, 3.63) is 48.3 Å². The molecule has 0 aromatic heterocycles. The van der Waals surface area contributed by atoms with Crippen LogP contribution in [0.5, 0.6) is 0 Å². The SMILES string of the molecule is CS(=O)(=O)c1ccc(S(=O)(=O)c2ccc(NC(=O)C(O)(C(F)F)C(F)F)c(F)c2)cc1. The molecule has 0 saturated carbocycles. The largest absolute Gasteiger partial charge is 0.371 e. The fraction of sp³-hybridized carbons (Fsp3) is 0.235. The Bertz CT molecular complexity index is 1190. The van der Waals surface area contributed by atoms with E-state index in [0.717, 1.165) is 36.6 Å². The highest BCUT2D eigenvalue weighted by Gasteiger charge is 2.54. The summed E-state index contributed by atoms with van der Waals surface area (Å²) in [5.41, 5.74) is -5.34. The summed E-state index contributed by atoms with van der Waals surface area (Å²) in [4.78, 5) is 10.4. The first kappa shape index (κ1) is 24.7. The van der Waals surface area contributed by atoms with Crippen LogP contribution in [0.25, 0.3) is 0 Å². The van der Waals surface area contributed by atoms with Gasteiger partial charge in [-0.3, -0.25) is 4.79 Å². The number of anilines is 1. The molecule has 0 unspecified atom stereocenters. The predicted molar refractivity (Wildman–Crippen MR) is 97.0 cm³/mol. The summed E-state index contributed by atoms with van der Waals surface area (Å²) in [6.07, 6.45) is -7.47. The van der Waals surface area contributed by atoms with Crippen molar-refractivity contribution in [2.24, 2.45) is 0 Å². The molecule has 2 N–H and O–H groups in total. The minimum absolute atomic E-state index is 0.166. The smallest absolute Gasteiger partial charge is 0.281 e. The van der Waals surface area contributed by atoms with Crippen molar-refractivity contribution in [1.82, 2.24) is 0 Å². The van der Waals surface area contributed by atoms with E-state index < -0.39 is 65.3 Å². The fourth-order valence-corrected chi connectivity index (χ4v) is 4.19. The van der Waals surface area contributed by atoms with Crippen LogP contribution in [0.1, 0.15) is 0 Å². The topological polar surface area (TPSA) is 118 Å². The monoisotopic (exact) mass is 487 g/mol. The van der Waals surface area contributed by atoms with Gasteiger partial charge in [0, 0.05) is 6.26 Å². The minimum Gasteiger partial charge on any atom is -0.371 e. The lowest BCUT2D eigenvalue weighted by molar-refractivity contribution is -0.184. The lowest BCUT2D eigenvalue weighted by atomic mass is 10.0. The van der Waals surface area contributed by atoms with Crippen molar-refractivity contribution in [2.45, 2.75) is 33.1 Å². The van der Waals surface area contributed by atoms with E-state index in [4.69, 9.17) is 0 Å². The zero-order chi connectivity index (χ0) is 23.8. The third-order valence-corrected chi connectivity index (χ3v) is 6.99. The molecular weight excluding hydrogens is 473 g/mol. The minimum atomic E-state index is -4.40. The number of benzene rings is 2. The van der Waals surface area contributed by atoms with Crippen LogP contribution in [0.3, 0.4) is 0 Å². The van der Waals surface area contributed by atoms with Crippen LogP contribution < -0.4 is 5.32 Å². The van der Waals surface area contributed by atoms with Crippen LogP contribution in [-0.4, -0.2) is 52.6 Å². The van der Waals surface area contributed by atoms with Crippen molar-refractivity contribution in [2.75, 3.05) is 11.6 Å². The van der Waals surface area contributed by atoms with E-state index in [1.165, 1.54) is 5.32 Å². The van der Waals surface area contributed by atoms with Crippen LogP contribution >= 0.6 is 0 Å². The van der Waals surface area contributed by atoms with Crippen LogP contribution in [-0.2, 0) is 24.5 Å². The second kappa shape index (κ2) is 8.51. The van der Waals surface area contributed by atoms with Gasteiger partial charge in [-0.15, -0.1) is 0 Å². The summed E-state index contributed by atoms with van der Waals surface area (Å²) in [6.45, 7) is 0. The van der Waals surface area contributed by atoms with Gasteiger partial charge in [0.2, 0.25) is 9.84 Å². The van der Waals surface area contributed by atoms with Crippen LogP contribution in [0.4, 0.5) is 27.6 Å². The molecular formula is C17H14F5NO6S2. The molecule has 170 valence electrons. The second-order valence-corrected chi connectivity index (χ2v) is 10.2. The van der Waals surface area contributed by atoms with Gasteiger partial charge in [0.25, 0.3) is 24.4 Å². The molecule has 0 bridgehead atoms. The molecule has 1 amide bonds. The molecule has 0 spiro atoms. The maximum atomic E-state index is 14.3. The highest BCUT2D eigenvalue weighted by atomic mass is 32.2. The van der Waals surface area contributed by atoms with Crippen molar-refractivity contribution in [3.63, 3.8) is 0 Å². The molecule has 14 heteroatoms. The Kier molecular flexibility index (Phi) is 6.78. The van der Waals surface area contributed by atoms with Crippen molar-refractivity contribution in [3.8, 4) is 0 Å². The number of hydrogen-bond donors (Lipinski definition) is 2. The van der Waals surface area contributed by atoms with Crippen molar-refractivity contribution < 1.29 is 48.7 Å². The van der Waals surface area contributed by atoms with Crippen molar-refractivity contribution in [1.29, 1.82) is 0 Å². The van der Waals surface area contributed by atoms with Gasteiger partial charge in [-0.2, -0.15) is 0 Å². The molecule has 0 atom stereocenters. The summed E-state index contributed by atoms with van der Waals surface area (Å²) in [6, 6.07) is 5.71. The third kappa shape index (κ3) is 4.85. The van der Waals surface area contributed by atoms with Crippen LogP contribution in [0, 0.1) is 5.82 Å². The third-order valence-electron chi connectivity index (χ3n) is 4.09. The quantitative estimate of drug-likeness (QED) is 0.579. The molecule has 0 aliphatic rings. The molecule has 7 nitrogen and oxygen atoms in total. The van der Waals surface area contributed by atoms with Gasteiger partial charge in [0.1, 0.15) is 5.82 Å². The van der Waals surface area contributed by atoms with E-state index in [9.17, 15) is 48.7 Å². The number of alkyl halides is 4. The van der Waals surface area contributed by atoms with Crippen LogP contribution in [0.2, 0.25) is 0 Å². The molecule has 0 radical (unpaired) electrons. The summed E-state index contributed by atoms with van der Waals surface area (Å²) < 4.78 is 113. The van der Waals surface area contributed by atoms with E-state index in [0.29, 0.717) is 12.1 Å². The first-order valence-electron chi connectivity index (χ1n) is 8.06. The molecule has 0 heterocycles. The maximum absolute atomic E-state index is 14.3. The van der Waals surface area contributed by atoms with Gasteiger partial charge in [0.05, 0.1) is 20.4 Å². The zero-order valence-electron chi connectivity index (χ0n) is 15.4. The molecule has 0 aliphatic heterocycles. The van der Waals surface area contributed by atoms with Crippen molar-refractivity contribution >= 4 is 31.3 Å². The molecule has 31 heavy (non-hydrogen) atoms. The van der Waals surface area contributed by atoms with Gasteiger partial charge in [0.15, 0.2) is 9.84 Å². The fourth-order valence-electron chi connectivity index (χ4n) is 2.28. The molecule has 0 aliphatic carbocycles. The highest BCUT2D eigenvalue weighted by Crippen LogP contribution is 2.29. The van der Waals surface area contributed by atoms with E-state index in [-0.39, 0.29) is 4.90 Å². The van der Waals surface area contributed by atoms with Gasteiger partial charge < -0.3 is 10.4 Å². The number of sulfone groups is 2. The summed E-state index contributed by atoms with van der Waals surface area (Å²) in [7, 11) is -7.96. The highest BCUT2D eigenvalue weighted by molar-refractivity contribution is 7.91. The second-order valence-electron chi connectivity index (χ2n) is 6.27. The summed E-state index contributed by atoms with van der Waals surface area (Å²) in [5, 5.41) is 10.6. The average Bonchev–Trinajstić information content (AvgIpc) is 2.67. The first-order chi connectivity index (χ1) is 14.1. The van der Waals surface area contributed by atoms with E-state index in [1.807, 2.05) is 0 Å². The molecule has 2 aromatic carbocycles. The number of nitrogens with one attached hydrogen (secondary N) is 1. The number of rotatable bonds is 7. The Morgan fingerprint density at radius 3 is 1.77 bits per heavy atom. The molecule has 2 rings (SSSR count). The molecule has 2 aromatic rings. The Morgan fingerprint density at radius 2 is 1.35 bits per heavy atom. The Balaban J connectivity index is 2.36. The van der Waals surface area contributed by atoms with Gasteiger partial charge >= 0.3 is 0 Å². The summed E-state index contributed by atoms with van der Waals surface area (Å²) >= 11 is 0. The molecule has 0 fully saturated rings. The van der Waals surface area contributed by atoms with E-state index >= 15 is 0 Å². The first-order valence-corrected chi connectivity index (χ1v) is 11.4. The summed E-state index contributed by atoms with van der Waals surface area (Å²) in [5.74, 6) is -3.77. The van der Waals surface area contributed by atoms with Gasteiger partial charge in [-0.25, -0.2) is 38.8 Å². The van der Waals surface area contributed by atoms with Gasteiger partial charge in [-0.05, 0) is 42.5 Å². The van der Waals surface area contributed by atoms with Gasteiger partial charge in [-0.1, -0.05) is 0 Å². The molecule has 0 saturated heterocycles. The lowest BCUT2D eigenvalue weighted by Crippen LogP contribution is -2.54. The number of hydrogen-bond acceptors (Lipinski definition) is 6. The number of amides is 1. The Labute approximate surface area is 173 Å². The maximum Gasteiger partial charge on any atom is 0.281 e. The Hall–Kier alpha value is -2.58. The van der Waals surface area contributed by atoms with E-state index in [2.05, 4.69) is 0 Å². The average molecular weight is 487 g/mol. The standard InChI is InChI=1S/C17H14F5NO6S2/c1-30(26,27)9-2-4-10(5-3-9)31(28,29)11-6-7-13(12(18)8-11)23-16(24)17(25,14(19)20)15(21)22/h2-8,14-15,25H,1H3,(H,23,24). The normalized spacial score (nSPS) is 12.9. The zero-order valence-corrected chi connectivity index (χ0v) is 17.0.